The molecule has 0 aliphatic heterocycles. The highest BCUT2D eigenvalue weighted by Gasteiger charge is 1.91. The molecule has 0 spiro atoms. The van der Waals surface area contributed by atoms with Gasteiger partial charge in [0.05, 0.1) is 0 Å². The van der Waals surface area contributed by atoms with Crippen molar-refractivity contribution < 1.29 is 0 Å². The zero-order valence-corrected chi connectivity index (χ0v) is 7.29. The van der Waals surface area contributed by atoms with Crippen molar-refractivity contribution in [1.29, 1.82) is 0 Å². The Labute approximate surface area is 67.7 Å². The summed E-state index contributed by atoms with van der Waals surface area (Å²) < 4.78 is 2.75. The summed E-state index contributed by atoms with van der Waals surface area (Å²) in [6.07, 6.45) is 1.89. The molecule has 0 aliphatic carbocycles. The zero-order valence-electron chi connectivity index (χ0n) is 5.13. The average Bonchev–Trinajstić information content (AvgIpc) is 2.14. The van der Waals surface area contributed by atoms with Crippen molar-refractivity contribution in [3.05, 3.63) is 22.5 Å². The van der Waals surface area contributed by atoms with Gasteiger partial charge in [-0.05, 0) is 35.6 Å². The summed E-state index contributed by atoms with van der Waals surface area (Å²) in [6.45, 7) is 5.66. The molecule has 0 radical (unpaired) electrons. The van der Waals surface area contributed by atoms with Gasteiger partial charge in [-0.2, -0.15) is 5.10 Å². The predicted octanol–water partition coefficient (Wildman–Crippen LogP) is 1.98. The third-order valence-electron chi connectivity index (χ3n) is 0.948. The molecule has 1 aromatic heterocycles. The second-order valence-electron chi connectivity index (χ2n) is 1.82. The largest absolute Gasteiger partial charge is 0.245 e. The molecule has 0 saturated heterocycles. The number of nitrogens with zero attached hydrogens (tertiary/aromatic N) is 2. The highest BCUT2D eigenvalue weighted by Crippen LogP contribution is 2.02. The Balaban J connectivity index is 2.98. The number of hydrogen-bond acceptors (Lipinski definition) is 1. The fraction of sp³-hybridized carbons (Fsp3) is 0.167. The number of hydrogen-bond donors (Lipinski definition) is 0. The van der Waals surface area contributed by atoms with Gasteiger partial charge in [-0.3, -0.25) is 0 Å². The molecule has 2 nitrogen and oxygen atoms in total. The van der Waals surface area contributed by atoms with Crippen molar-refractivity contribution in [2.24, 2.45) is 0 Å². The van der Waals surface area contributed by atoms with Gasteiger partial charge in [-0.25, -0.2) is 4.68 Å². The van der Waals surface area contributed by atoms with E-state index in [1.165, 1.54) is 0 Å². The van der Waals surface area contributed by atoms with Gasteiger partial charge in [0.25, 0.3) is 0 Å². The lowest BCUT2D eigenvalue weighted by atomic mass is 10.6. The first-order chi connectivity index (χ1) is 4.20. The van der Waals surface area contributed by atoms with Crippen LogP contribution in [0.2, 0.25) is 0 Å². The molecule has 0 unspecified atom stereocenters. The molecule has 0 amide bonds. The maximum absolute atomic E-state index is 4.11. The minimum absolute atomic E-state index is 0.943. The van der Waals surface area contributed by atoms with Crippen LogP contribution in [0.4, 0.5) is 0 Å². The van der Waals surface area contributed by atoms with E-state index >= 15 is 0 Å². The lowest BCUT2D eigenvalue weighted by molar-refractivity contribution is 0.886. The lowest BCUT2D eigenvalue weighted by Gasteiger charge is -1.94. The van der Waals surface area contributed by atoms with Crippen LogP contribution in [0.5, 0.6) is 0 Å². The van der Waals surface area contributed by atoms with E-state index in [-0.39, 0.29) is 0 Å². The predicted molar refractivity (Wildman–Crippen MR) is 45.9 cm³/mol. The summed E-state index contributed by atoms with van der Waals surface area (Å²) in [5, 5.41) is 4.11. The first kappa shape index (κ1) is 6.80. The molecular formula is C6H7IN2. The maximum atomic E-state index is 4.11. The van der Waals surface area contributed by atoms with E-state index in [1.54, 1.807) is 4.68 Å². The standard InChI is InChI=1S/C6H7IN2/c1-5(2)9-4-3-6(7)8-9/h3-4H,1H2,2H3. The van der Waals surface area contributed by atoms with Crippen LogP contribution < -0.4 is 0 Å². The van der Waals surface area contributed by atoms with Crippen molar-refractivity contribution in [2.75, 3.05) is 0 Å². The molecule has 0 bridgehead atoms. The third kappa shape index (κ3) is 1.54. The average molecular weight is 234 g/mol. The molecule has 1 heterocycles. The van der Waals surface area contributed by atoms with Crippen LogP contribution in [-0.2, 0) is 0 Å². The topological polar surface area (TPSA) is 17.8 Å². The summed E-state index contributed by atoms with van der Waals surface area (Å²) in [5.41, 5.74) is 0.943. The normalized spacial score (nSPS) is 9.56. The molecular weight excluding hydrogens is 227 g/mol. The third-order valence-corrected chi connectivity index (χ3v) is 1.52. The smallest absolute Gasteiger partial charge is 0.123 e. The van der Waals surface area contributed by atoms with Crippen LogP contribution in [0.25, 0.3) is 5.70 Å². The summed E-state index contributed by atoms with van der Waals surface area (Å²) in [7, 11) is 0. The Morgan fingerprint density at radius 3 is 2.78 bits per heavy atom. The van der Waals surface area contributed by atoms with Gasteiger partial charge in [-0.15, -0.1) is 0 Å². The highest BCUT2D eigenvalue weighted by atomic mass is 127. The van der Waals surface area contributed by atoms with Crippen molar-refractivity contribution in [2.45, 2.75) is 6.92 Å². The molecule has 0 aliphatic rings. The maximum Gasteiger partial charge on any atom is 0.123 e. The van der Waals surface area contributed by atoms with Crippen LogP contribution in [0.3, 0.4) is 0 Å². The van der Waals surface area contributed by atoms with E-state index < -0.39 is 0 Å². The molecule has 0 atom stereocenters. The van der Waals surface area contributed by atoms with Gasteiger partial charge in [0, 0.05) is 11.9 Å². The molecule has 1 aromatic rings. The Morgan fingerprint density at radius 1 is 1.89 bits per heavy atom. The minimum atomic E-state index is 0.943. The van der Waals surface area contributed by atoms with Gasteiger partial charge in [-0.1, -0.05) is 6.58 Å². The molecule has 0 aromatic carbocycles. The fourth-order valence-corrected chi connectivity index (χ4v) is 0.908. The van der Waals surface area contributed by atoms with Gasteiger partial charge in [0.15, 0.2) is 0 Å². The quantitative estimate of drug-likeness (QED) is 0.679. The summed E-state index contributed by atoms with van der Waals surface area (Å²) >= 11 is 2.16. The Bertz CT molecular complexity index is 227. The number of halogens is 1. The second kappa shape index (κ2) is 2.51. The Hall–Kier alpha value is -0.320. The van der Waals surface area contributed by atoms with E-state index in [0.717, 1.165) is 9.40 Å². The number of allylic oxidation sites excluding steroid dienone is 1. The molecule has 0 saturated carbocycles. The number of rotatable bonds is 1. The molecule has 3 heteroatoms. The second-order valence-corrected chi connectivity index (χ2v) is 2.92. The minimum Gasteiger partial charge on any atom is -0.245 e. The first-order valence-corrected chi connectivity index (χ1v) is 3.65. The fourth-order valence-electron chi connectivity index (χ4n) is 0.514. The first-order valence-electron chi connectivity index (χ1n) is 2.57. The molecule has 0 N–H and O–H groups in total. The van der Waals surface area contributed by atoms with Crippen molar-refractivity contribution in [1.82, 2.24) is 9.78 Å². The van der Waals surface area contributed by atoms with E-state index in [0.29, 0.717) is 0 Å². The molecule has 9 heavy (non-hydrogen) atoms. The Morgan fingerprint density at radius 2 is 2.56 bits per heavy atom. The van der Waals surface area contributed by atoms with E-state index in [4.69, 9.17) is 0 Å². The monoisotopic (exact) mass is 234 g/mol. The van der Waals surface area contributed by atoms with Crippen LogP contribution in [0.1, 0.15) is 6.92 Å². The van der Waals surface area contributed by atoms with Crippen LogP contribution >= 0.6 is 22.6 Å². The molecule has 48 valence electrons. The van der Waals surface area contributed by atoms with Crippen LogP contribution in [-0.4, -0.2) is 9.78 Å². The highest BCUT2D eigenvalue weighted by molar-refractivity contribution is 14.1. The van der Waals surface area contributed by atoms with Gasteiger partial charge < -0.3 is 0 Å². The summed E-state index contributed by atoms with van der Waals surface area (Å²) in [6, 6.07) is 1.94. The van der Waals surface area contributed by atoms with Gasteiger partial charge >= 0.3 is 0 Å². The van der Waals surface area contributed by atoms with Gasteiger partial charge in [0.1, 0.15) is 3.70 Å². The van der Waals surface area contributed by atoms with E-state index in [9.17, 15) is 0 Å². The molecule has 1 rings (SSSR count). The van der Waals surface area contributed by atoms with Crippen molar-refractivity contribution >= 4 is 28.3 Å². The summed E-state index contributed by atoms with van der Waals surface area (Å²) in [5.74, 6) is 0. The molecule has 0 fully saturated rings. The summed E-state index contributed by atoms with van der Waals surface area (Å²) in [4.78, 5) is 0. The van der Waals surface area contributed by atoms with Crippen molar-refractivity contribution in [3.63, 3.8) is 0 Å². The lowest BCUT2D eigenvalue weighted by Crippen LogP contribution is -1.91. The zero-order chi connectivity index (χ0) is 6.85. The SMILES string of the molecule is C=C(C)n1ccc(I)n1. The van der Waals surface area contributed by atoms with E-state index in [1.807, 2.05) is 19.2 Å². The number of aromatic nitrogens is 2. The van der Waals surface area contributed by atoms with Crippen LogP contribution in [0, 0.1) is 3.70 Å². The van der Waals surface area contributed by atoms with E-state index in [2.05, 4.69) is 34.3 Å². The Kier molecular flexibility index (Phi) is 1.90. The van der Waals surface area contributed by atoms with Gasteiger partial charge in [0.2, 0.25) is 0 Å². The van der Waals surface area contributed by atoms with Crippen LogP contribution in [0.15, 0.2) is 18.8 Å². The van der Waals surface area contributed by atoms with Crippen molar-refractivity contribution in [3.8, 4) is 0 Å².